The molecule has 0 spiro atoms. The van der Waals surface area contributed by atoms with Gasteiger partial charge in [0.1, 0.15) is 0 Å². The Labute approximate surface area is 179 Å². The minimum atomic E-state index is -3.43. The molecule has 1 aromatic carbocycles. The van der Waals surface area contributed by atoms with Gasteiger partial charge in [0, 0.05) is 6.04 Å². The minimum Gasteiger partial charge on any atom is -0.453 e. The summed E-state index contributed by atoms with van der Waals surface area (Å²) in [7, 11) is -2.11. The molecular formula is C22H32N2O5S. The first-order valence-electron chi connectivity index (χ1n) is 10.4. The third-order valence-corrected chi connectivity index (χ3v) is 6.88. The summed E-state index contributed by atoms with van der Waals surface area (Å²) in [6, 6.07) is 9.34. The molecule has 2 fully saturated rings. The van der Waals surface area contributed by atoms with E-state index in [9.17, 15) is 13.2 Å². The standard InChI is InChI=1S/C22H32N2O5S/c1-4-18-14-20(23-30(3,26)27)21(24(18)22(25)28-2)15-29-19-12-10-17(11-13-19)16-8-6-5-7-9-16/h4-9,17-21,23H,1,10-15H2,2-3H3/t17?,18?,19?,20-,21?/m0/s1. The van der Waals surface area contributed by atoms with E-state index < -0.39 is 28.2 Å². The fourth-order valence-corrected chi connectivity index (χ4v) is 5.48. The molecule has 2 unspecified atom stereocenters. The minimum absolute atomic E-state index is 0.103. The van der Waals surface area contributed by atoms with Crippen molar-refractivity contribution < 1.29 is 22.7 Å². The lowest BCUT2D eigenvalue weighted by molar-refractivity contribution is -0.00759. The number of carbonyl (C=O) groups excluding carboxylic acids is 1. The van der Waals surface area contributed by atoms with Crippen molar-refractivity contribution in [3.63, 3.8) is 0 Å². The fraction of sp³-hybridized carbons (Fsp3) is 0.591. The molecule has 0 radical (unpaired) electrons. The van der Waals surface area contributed by atoms with Crippen LogP contribution >= 0.6 is 0 Å². The second-order valence-electron chi connectivity index (χ2n) is 8.20. The Bertz CT molecular complexity index is 821. The number of likely N-dealkylation sites (tertiary alicyclic amines) is 1. The average Bonchev–Trinajstić information content (AvgIpc) is 3.08. The number of ether oxygens (including phenoxy) is 2. The van der Waals surface area contributed by atoms with E-state index in [-0.39, 0.29) is 18.8 Å². The van der Waals surface area contributed by atoms with E-state index in [4.69, 9.17) is 9.47 Å². The van der Waals surface area contributed by atoms with Gasteiger partial charge in [-0.1, -0.05) is 36.4 Å². The van der Waals surface area contributed by atoms with Gasteiger partial charge in [-0.15, -0.1) is 6.58 Å². The van der Waals surface area contributed by atoms with Crippen molar-refractivity contribution in [2.24, 2.45) is 0 Å². The second kappa shape index (κ2) is 9.94. The van der Waals surface area contributed by atoms with Gasteiger partial charge >= 0.3 is 6.09 Å². The maximum absolute atomic E-state index is 12.4. The largest absolute Gasteiger partial charge is 0.453 e. The molecule has 1 aliphatic heterocycles. The SMILES string of the molecule is C=CC1C[C@H](NS(C)(=O)=O)C(COC2CCC(c3ccccc3)CC2)N1C(=O)OC. The van der Waals surface area contributed by atoms with Gasteiger partial charge in [-0.3, -0.25) is 4.90 Å². The number of sulfonamides is 1. The molecule has 0 bridgehead atoms. The first-order valence-corrected chi connectivity index (χ1v) is 12.3. The molecule has 3 atom stereocenters. The number of rotatable bonds is 7. The lowest BCUT2D eigenvalue weighted by Crippen LogP contribution is -2.50. The molecule has 1 amide bonds. The Morgan fingerprint density at radius 3 is 2.47 bits per heavy atom. The third-order valence-electron chi connectivity index (χ3n) is 6.15. The van der Waals surface area contributed by atoms with E-state index in [2.05, 4.69) is 35.6 Å². The first-order chi connectivity index (χ1) is 14.3. The first kappa shape index (κ1) is 22.8. The lowest BCUT2D eigenvalue weighted by atomic mass is 9.83. The highest BCUT2D eigenvalue weighted by molar-refractivity contribution is 7.88. The zero-order valence-electron chi connectivity index (χ0n) is 17.7. The highest BCUT2D eigenvalue weighted by Gasteiger charge is 2.44. The molecule has 1 aromatic rings. The van der Waals surface area contributed by atoms with Crippen molar-refractivity contribution in [1.82, 2.24) is 9.62 Å². The van der Waals surface area contributed by atoms with Crippen LogP contribution in [0.15, 0.2) is 43.0 Å². The second-order valence-corrected chi connectivity index (χ2v) is 9.98. The molecule has 1 saturated carbocycles. The quantitative estimate of drug-likeness (QED) is 0.664. The average molecular weight is 437 g/mol. The molecule has 3 rings (SSSR count). The third kappa shape index (κ3) is 5.62. The van der Waals surface area contributed by atoms with Crippen LogP contribution in [-0.2, 0) is 19.5 Å². The number of amides is 1. The van der Waals surface area contributed by atoms with Crippen LogP contribution in [0.1, 0.15) is 43.6 Å². The Morgan fingerprint density at radius 2 is 1.90 bits per heavy atom. The summed E-state index contributed by atoms with van der Waals surface area (Å²) in [5, 5.41) is 0. The topological polar surface area (TPSA) is 84.9 Å². The Balaban J connectivity index is 1.63. The van der Waals surface area contributed by atoms with Gasteiger partial charge in [0.05, 0.1) is 38.2 Å². The maximum Gasteiger partial charge on any atom is 0.410 e. The van der Waals surface area contributed by atoms with Crippen LogP contribution in [0.2, 0.25) is 0 Å². The summed E-state index contributed by atoms with van der Waals surface area (Å²) >= 11 is 0. The summed E-state index contributed by atoms with van der Waals surface area (Å²) in [5.41, 5.74) is 1.37. The fourth-order valence-electron chi connectivity index (χ4n) is 4.68. The number of carbonyl (C=O) groups is 1. The summed E-state index contributed by atoms with van der Waals surface area (Å²) in [4.78, 5) is 13.9. The zero-order valence-corrected chi connectivity index (χ0v) is 18.5. The summed E-state index contributed by atoms with van der Waals surface area (Å²) in [6.45, 7) is 4.05. The van der Waals surface area contributed by atoms with Crippen molar-refractivity contribution in [2.75, 3.05) is 20.0 Å². The van der Waals surface area contributed by atoms with Crippen molar-refractivity contribution in [3.8, 4) is 0 Å². The molecule has 2 aliphatic rings. The molecule has 0 aromatic heterocycles. The summed E-state index contributed by atoms with van der Waals surface area (Å²) in [5.74, 6) is 0.550. The Hall–Kier alpha value is -1.90. The van der Waals surface area contributed by atoms with E-state index in [0.29, 0.717) is 12.3 Å². The molecule has 166 valence electrons. The number of hydrogen-bond donors (Lipinski definition) is 1. The van der Waals surface area contributed by atoms with Crippen LogP contribution in [0.25, 0.3) is 0 Å². The Morgan fingerprint density at radius 1 is 1.23 bits per heavy atom. The van der Waals surface area contributed by atoms with Crippen LogP contribution < -0.4 is 4.72 Å². The number of benzene rings is 1. The molecule has 8 heteroatoms. The molecule has 30 heavy (non-hydrogen) atoms. The highest BCUT2D eigenvalue weighted by atomic mass is 32.2. The van der Waals surface area contributed by atoms with Gasteiger partial charge in [0.25, 0.3) is 0 Å². The number of nitrogens with zero attached hydrogens (tertiary/aromatic N) is 1. The predicted molar refractivity (Wildman–Crippen MR) is 116 cm³/mol. The van der Waals surface area contributed by atoms with Gasteiger partial charge in [0.15, 0.2) is 0 Å². The van der Waals surface area contributed by atoms with Crippen LogP contribution in [-0.4, -0.2) is 63.6 Å². The smallest absolute Gasteiger partial charge is 0.410 e. The molecule has 1 aliphatic carbocycles. The normalized spacial score (nSPS) is 29.5. The maximum atomic E-state index is 12.4. The van der Waals surface area contributed by atoms with Gasteiger partial charge in [0.2, 0.25) is 10.0 Å². The number of hydrogen-bond acceptors (Lipinski definition) is 5. The molecule has 1 N–H and O–H groups in total. The van der Waals surface area contributed by atoms with E-state index in [0.717, 1.165) is 31.9 Å². The van der Waals surface area contributed by atoms with E-state index in [1.54, 1.807) is 11.0 Å². The Kier molecular flexibility index (Phi) is 7.55. The number of methoxy groups -OCH3 is 1. The van der Waals surface area contributed by atoms with Gasteiger partial charge in [-0.25, -0.2) is 17.9 Å². The van der Waals surface area contributed by atoms with Crippen molar-refractivity contribution >= 4 is 16.1 Å². The zero-order chi connectivity index (χ0) is 21.7. The summed E-state index contributed by atoms with van der Waals surface area (Å²) in [6.07, 6.45) is 6.82. The molecule has 1 heterocycles. The van der Waals surface area contributed by atoms with E-state index >= 15 is 0 Å². The lowest BCUT2D eigenvalue weighted by Gasteiger charge is -2.33. The van der Waals surface area contributed by atoms with Gasteiger partial charge < -0.3 is 9.47 Å². The number of nitrogens with one attached hydrogen (secondary N) is 1. The van der Waals surface area contributed by atoms with Crippen molar-refractivity contribution in [2.45, 2.75) is 62.3 Å². The molecule has 7 nitrogen and oxygen atoms in total. The predicted octanol–water partition coefficient (Wildman–Crippen LogP) is 3.04. The molecular weight excluding hydrogens is 404 g/mol. The summed E-state index contributed by atoms with van der Waals surface area (Å²) < 4.78 is 37.5. The van der Waals surface area contributed by atoms with Crippen molar-refractivity contribution in [3.05, 3.63) is 48.6 Å². The van der Waals surface area contributed by atoms with Crippen LogP contribution in [0.5, 0.6) is 0 Å². The van der Waals surface area contributed by atoms with E-state index in [1.165, 1.54) is 12.7 Å². The molecule has 1 saturated heterocycles. The van der Waals surface area contributed by atoms with Crippen LogP contribution in [0.4, 0.5) is 4.79 Å². The van der Waals surface area contributed by atoms with Crippen molar-refractivity contribution in [1.29, 1.82) is 0 Å². The van der Waals surface area contributed by atoms with Crippen LogP contribution in [0.3, 0.4) is 0 Å². The van der Waals surface area contributed by atoms with Gasteiger partial charge in [-0.05, 0) is 43.6 Å². The van der Waals surface area contributed by atoms with Gasteiger partial charge in [-0.2, -0.15) is 0 Å². The van der Waals surface area contributed by atoms with E-state index in [1.807, 2.05) is 6.07 Å². The highest BCUT2D eigenvalue weighted by Crippen LogP contribution is 2.35. The van der Waals surface area contributed by atoms with Crippen LogP contribution in [0, 0.1) is 0 Å². The monoisotopic (exact) mass is 436 g/mol.